The molecular formula is C34H33Br2F7N4O2. The quantitative estimate of drug-likeness (QED) is 0.207. The Bertz CT molecular complexity index is 1590. The molecule has 4 heterocycles. The molecule has 0 unspecified atom stereocenters. The monoisotopic (exact) mass is 820 g/mol. The van der Waals surface area contributed by atoms with Crippen molar-refractivity contribution in [1.29, 1.82) is 0 Å². The number of hydrogen-bond acceptors (Lipinski definition) is 6. The molecule has 2 aliphatic rings. The highest BCUT2D eigenvalue weighted by atomic mass is 79.9. The summed E-state index contributed by atoms with van der Waals surface area (Å²) in [5.41, 5.74) is -1.94. The average molecular weight is 822 g/mol. The fourth-order valence-electron chi connectivity index (χ4n) is 5.08. The number of rotatable bonds is 4. The predicted molar refractivity (Wildman–Crippen MR) is 180 cm³/mol. The minimum absolute atomic E-state index is 0.0924. The second-order valence-electron chi connectivity index (χ2n) is 11.2. The van der Waals surface area contributed by atoms with Crippen molar-refractivity contribution in [2.75, 3.05) is 36.0 Å². The largest absolute Gasteiger partial charge is 0.490 e. The van der Waals surface area contributed by atoms with Crippen molar-refractivity contribution in [3.05, 3.63) is 111 Å². The third kappa shape index (κ3) is 11.8. The van der Waals surface area contributed by atoms with Gasteiger partial charge >= 0.3 is 12.4 Å². The van der Waals surface area contributed by atoms with Gasteiger partial charge < -0.3 is 19.6 Å². The van der Waals surface area contributed by atoms with Gasteiger partial charge in [0.25, 0.3) is 0 Å². The van der Waals surface area contributed by atoms with Crippen molar-refractivity contribution in [2.24, 2.45) is 0 Å². The number of aliphatic hydroxyl groups is 1. The maximum absolute atomic E-state index is 13.0. The summed E-state index contributed by atoms with van der Waals surface area (Å²) >= 11 is 6.70. The molecule has 0 radical (unpaired) electrons. The topological polar surface area (TPSA) is 61.7 Å². The Morgan fingerprint density at radius 2 is 1.08 bits per heavy atom. The molecule has 6 nitrogen and oxygen atoms in total. The fourth-order valence-corrected chi connectivity index (χ4v) is 5.55. The van der Waals surface area contributed by atoms with E-state index in [0.717, 1.165) is 64.7 Å². The Morgan fingerprint density at radius 3 is 1.51 bits per heavy atom. The van der Waals surface area contributed by atoms with Crippen LogP contribution in [0.25, 0.3) is 0 Å². The van der Waals surface area contributed by atoms with E-state index >= 15 is 0 Å². The number of nitrogens with zero attached hydrogens (tertiary/aromatic N) is 4. The minimum Gasteiger partial charge on any atom is -0.490 e. The Labute approximate surface area is 296 Å². The summed E-state index contributed by atoms with van der Waals surface area (Å²) in [5, 5.41) is 9.36. The first-order valence-electron chi connectivity index (χ1n) is 15.3. The second-order valence-corrected chi connectivity index (χ2v) is 13.0. The van der Waals surface area contributed by atoms with E-state index in [2.05, 4.69) is 51.6 Å². The summed E-state index contributed by atoms with van der Waals surface area (Å²) in [4.78, 5) is 13.0. The molecule has 2 aliphatic heterocycles. The van der Waals surface area contributed by atoms with Gasteiger partial charge in [-0.15, -0.1) is 0 Å². The maximum atomic E-state index is 13.0. The predicted octanol–water partition coefficient (Wildman–Crippen LogP) is 9.56. The highest BCUT2D eigenvalue weighted by Crippen LogP contribution is 2.37. The van der Waals surface area contributed by atoms with Crippen LogP contribution in [0.5, 0.6) is 5.75 Å². The van der Waals surface area contributed by atoms with E-state index in [9.17, 15) is 35.8 Å². The van der Waals surface area contributed by atoms with Crippen molar-refractivity contribution < 1.29 is 40.6 Å². The highest BCUT2D eigenvalue weighted by Gasteiger charge is 2.35. The molecule has 0 saturated carbocycles. The number of ether oxygens (including phenoxy) is 1. The van der Waals surface area contributed by atoms with Gasteiger partial charge in [-0.05, 0) is 93.2 Å². The summed E-state index contributed by atoms with van der Waals surface area (Å²) in [6, 6.07) is 17.0. The molecule has 2 aromatic carbocycles. The average Bonchev–Trinajstić information content (AvgIpc) is 3.06. The van der Waals surface area contributed by atoms with E-state index < -0.39 is 29.3 Å². The molecule has 0 spiro atoms. The first-order valence-corrected chi connectivity index (χ1v) is 16.8. The molecule has 6 rings (SSSR count). The number of halogens is 9. The normalized spacial score (nSPS) is 15.9. The standard InChI is InChI=1S/C17H16BrF3N2O.C10H13BrN2O.C7H4F4/c18-12-5-6-16(22-11-12)23-9-7-13(8-10-23)24-15-4-2-1-3-14(15)17(19,20)21;11-8-1-2-10(12-7-8)13-5-3-9(14)4-6-13;8-6-4-2-1-3-5(6)7(9,10)11/h1-6,11,13H,7-10H2;1-2,7,9,14H,3-6H2;1-4H. The molecule has 264 valence electrons. The van der Waals surface area contributed by atoms with Crippen LogP contribution in [0.15, 0.2) is 94.1 Å². The van der Waals surface area contributed by atoms with Crippen molar-refractivity contribution in [1.82, 2.24) is 9.97 Å². The van der Waals surface area contributed by atoms with E-state index in [1.165, 1.54) is 18.2 Å². The minimum atomic E-state index is -4.59. The van der Waals surface area contributed by atoms with Crippen LogP contribution in [-0.4, -0.2) is 53.5 Å². The Morgan fingerprint density at radius 1 is 0.633 bits per heavy atom. The molecule has 4 aromatic rings. The van der Waals surface area contributed by atoms with E-state index in [0.29, 0.717) is 32.0 Å². The van der Waals surface area contributed by atoms with Gasteiger partial charge in [0.2, 0.25) is 0 Å². The number of hydrogen-bond donors (Lipinski definition) is 1. The molecule has 0 aliphatic carbocycles. The summed E-state index contributed by atoms with van der Waals surface area (Å²) in [6.07, 6.45) is -2.80. The molecular weight excluding hydrogens is 789 g/mol. The first-order chi connectivity index (χ1) is 23.2. The van der Waals surface area contributed by atoms with Gasteiger partial charge in [-0.3, -0.25) is 0 Å². The third-order valence-corrected chi connectivity index (χ3v) is 8.58. The smallest absolute Gasteiger partial charge is 0.419 e. The van der Waals surface area contributed by atoms with Gasteiger partial charge in [0.1, 0.15) is 29.3 Å². The van der Waals surface area contributed by atoms with Gasteiger partial charge in [-0.2, -0.15) is 26.3 Å². The number of benzene rings is 2. The molecule has 49 heavy (non-hydrogen) atoms. The number of alkyl halides is 6. The molecule has 2 aromatic heterocycles. The number of aliphatic hydroxyl groups excluding tert-OH is 1. The van der Waals surface area contributed by atoms with Crippen LogP contribution in [0, 0.1) is 5.82 Å². The molecule has 0 amide bonds. The van der Waals surface area contributed by atoms with Crippen molar-refractivity contribution in [3.63, 3.8) is 0 Å². The van der Waals surface area contributed by atoms with Gasteiger partial charge in [0.15, 0.2) is 0 Å². The van der Waals surface area contributed by atoms with Crippen molar-refractivity contribution >= 4 is 43.5 Å². The highest BCUT2D eigenvalue weighted by molar-refractivity contribution is 9.10. The fraction of sp³-hybridized carbons (Fsp3) is 0.353. The SMILES string of the molecule is FC(F)(F)c1ccccc1OC1CCN(c2ccc(Br)cn2)CC1.Fc1ccccc1C(F)(F)F.OC1CCN(c2ccc(Br)cn2)CC1. The Balaban J connectivity index is 0.000000183. The summed E-state index contributed by atoms with van der Waals surface area (Å²) in [7, 11) is 0. The number of para-hydroxylation sites is 1. The molecule has 2 fully saturated rings. The van der Waals surface area contributed by atoms with E-state index in [4.69, 9.17) is 4.74 Å². The van der Waals surface area contributed by atoms with Crippen molar-refractivity contribution in [3.8, 4) is 5.75 Å². The zero-order chi connectivity index (χ0) is 35.6. The summed E-state index contributed by atoms with van der Waals surface area (Å²) in [6.45, 7) is 3.20. The molecule has 0 bridgehead atoms. The first kappa shape index (κ1) is 38.4. The molecule has 1 N–H and O–H groups in total. The molecule has 15 heteroatoms. The van der Waals surface area contributed by atoms with Gasteiger partial charge in [-0.1, -0.05) is 24.3 Å². The zero-order valence-corrected chi connectivity index (χ0v) is 29.1. The number of aromatic nitrogens is 2. The van der Waals surface area contributed by atoms with Gasteiger partial charge in [0, 0.05) is 60.4 Å². The third-order valence-electron chi connectivity index (χ3n) is 7.64. The lowest BCUT2D eigenvalue weighted by atomic mass is 10.1. The second kappa shape index (κ2) is 17.5. The molecule has 0 atom stereocenters. The Kier molecular flexibility index (Phi) is 13.7. The lowest BCUT2D eigenvalue weighted by Crippen LogP contribution is -2.38. The number of pyridine rings is 2. The van der Waals surface area contributed by atoms with Crippen LogP contribution in [0.4, 0.5) is 42.4 Å². The van der Waals surface area contributed by atoms with Crippen LogP contribution in [-0.2, 0) is 12.4 Å². The van der Waals surface area contributed by atoms with E-state index in [1.54, 1.807) is 18.5 Å². The maximum Gasteiger partial charge on any atom is 0.419 e. The van der Waals surface area contributed by atoms with Crippen LogP contribution in [0.1, 0.15) is 36.8 Å². The van der Waals surface area contributed by atoms with Crippen LogP contribution >= 0.6 is 31.9 Å². The van der Waals surface area contributed by atoms with Crippen molar-refractivity contribution in [2.45, 2.75) is 50.2 Å². The van der Waals surface area contributed by atoms with E-state index in [1.807, 2.05) is 24.3 Å². The van der Waals surface area contributed by atoms with Crippen LogP contribution < -0.4 is 14.5 Å². The summed E-state index contributed by atoms with van der Waals surface area (Å²) < 4.78 is 94.4. The lowest BCUT2D eigenvalue weighted by Gasteiger charge is -2.33. The zero-order valence-electron chi connectivity index (χ0n) is 25.9. The lowest BCUT2D eigenvalue weighted by molar-refractivity contribution is -0.140. The van der Waals surface area contributed by atoms with Gasteiger partial charge in [0.05, 0.1) is 17.2 Å². The van der Waals surface area contributed by atoms with Gasteiger partial charge in [-0.25, -0.2) is 14.4 Å². The number of anilines is 2. The Hall–Kier alpha value is -3.43. The number of piperidine rings is 2. The molecule has 2 saturated heterocycles. The summed E-state index contributed by atoms with van der Waals surface area (Å²) in [5.74, 6) is 0.539. The van der Waals surface area contributed by atoms with Crippen LogP contribution in [0.3, 0.4) is 0 Å². The van der Waals surface area contributed by atoms with E-state index in [-0.39, 0.29) is 18.0 Å². The van der Waals surface area contributed by atoms with Crippen LogP contribution in [0.2, 0.25) is 0 Å².